The van der Waals surface area contributed by atoms with Crippen molar-refractivity contribution in [3.8, 4) is 0 Å². The van der Waals surface area contributed by atoms with Gasteiger partial charge < -0.3 is 10.1 Å². The van der Waals surface area contributed by atoms with E-state index in [9.17, 15) is 22.4 Å². The van der Waals surface area contributed by atoms with Crippen molar-refractivity contribution in [3.05, 3.63) is 35.6 Å². The Morgan fingerprint density at radius 2 is 2.00 bits per heavy atom. The summed E-state index contributed by atoms with van der Waals surface area (Å²) in [5, 5.41) is 2.53. The number of carbonyl (C=O) groups excluding carboxylic acids is 2. The monoisotopic (exact) mass is 389 g/mol. The Morgan fingerprint density at radius 3 is 2.64 bits per heavy atom. The highest BCUT2D eigenvalue weighted by Gasteiger charge is 2.28. The third-order valence-corrected chi connectivity index (χ3v) is 6.90. The topological polar surface area (TPSA) is 89.5 Å². The average Bonchev–Trinajstić information content (AvgIpc) is 2.92. The third-order valence-electron chi connectivity index (χ3n) is 3.64. The minimum absolute atomic E-state index is 0.0308. The fraction of sp³-hybridized carbons (Fsp3) is 0.500. The van der Waals surface area contributed by atoms with Gasteiger partial charge in [-0.25, -0.2) is 12.8 Å². The van der Waals surface area contributed by atoms with Crippen LogP contribution in [0.25, 0.3) is 0 Å². The van der Waals surface area contributed by atoms with Gasteiger partial charge in [-0.2, -0.15) is 0 Å². The van der Waals surface area contributed by atoms with Crippen molar-refractivity contribution >= 4 is 33.5 Å². The molecule has 1 aromatic rings. The Balaban J connectivity index is 1.56. The van der Waals surface area contributed by atoms with Crippen molar-refractivity contribution in [1.29, 1.82) is 0 Å². The van der Waals surface area contributed by atoms with Gasteiger partial charge >= 0.3 is 5.97 Å². The van der Waals surface area contributed by atoms with Gasteiger partial charge in [-0.05, 0) is 30.5 Å². The first-order chi connectivity index (χ1) is 11.8. The lowest BCUT2D eigenvalue weighted by atomic mass is 10.1. The van der Waals surface area contributed by atoms with E-state index in [2.05, 4.69) is 5.32 Å². The average molecular weight is 389 g/mol. The number of hydrogen-bond acceptors (Lipinski definition) is 6. The van der Waals surface area contributed by atoms with E-state index in [4.69, 9.17) is 4.74 Å². The molecule has 1 aliphatic heterocycles. The van der Waals surface area contributed by atoms with Gasteiger partial charge in [0.25, 0.3) is 5.91 Å². The second-order valence-corrected chi connectivity index (χ2v) is 9.24. The van der Waals surface area contributed by atoms with E-state index in [0.717, 1.165) is 5.56 Å². The van der Waals surface area contributed by atoms with Gasteiger partial charge in [-0.3, -0.25) is 9.59 Å². The van der Waals surface area contributed by atoms with E-state index in [0.29, 0.717) is 19.4 Å². The molecular formula is C16H20FNO5S2. The summed E-state index contributed by atoms with van der Waals surface area (Å²) in [5.74, 6) is -0.978. The minimum Gasteiger partial charge on any atom is -0.455 e. The molecule has 0 unspecified atom stereocenters. The van der Waals surface area contributed by atoms with Gasteiger partial charge in [0.2, 0.25) is 0 Å². The molecule has 0 saturated carbocycles. The molecule has 1 heterocycles. The van der Waals surface area contributed by atoms with Gasteiger partial charge in [-0.15, -0.1) is 11.8 Å². The van der Waals surface area contributed by atoms with Crippen molar-refractivity contribution in [1.82, 2.24) is 5.32 Å². The van der Waals surface area contributed by atoms with Crippen LogP contribution in [-0.4, -0.2) is 56.0 Å². The molecule has 0 bridgehead atoms. The van der Waals surface area contributed by atoms with E-state index >= 15 is 0 Å². The van der Waals surface area contributed by atoms with Gasteiger partial charge in [-0.1, -0.05) is 12.1 Å². The van der Waals surface area contributed by atoms with Gasteiger partial charge in [0.05, 0.1) is 17.3 Å². The third kappa shape index (κ3) is 7.43. The number of rotatable bonds is 8. The molecule has 9 heteroatoms. The van der Waals surface area contributed by atoms with Crippen molar-refractivity contribution in [3.63, 3.8) is 0 Å². The quantitative estimate of drug-likeness (QED) is 0.666. The summed E-state index contributed by atoms with van der Waals surface area (Å²) in [7, 11) is -2.96. The molecular weight excluding hydrogens is 369 g/mol. The number of esters is 1. The lowest BCUT2D eigenvalue weighted by molar-refractivity contribution is -0.145. The first-order valence-corrected chi connectivity index (χ1v) is 10.7. The molecule has 1 fully saturated rings. The van der Waals surface area contributed by atoms with Gasteiger partial charge in [0.15, 0.2) is 16.4 Å². The number of amides is 1. The first kappa shape index (κ1) is 19.7. The van der Waals surface area contributed by atoms with Crippen LogP contribution in [0.2, 0.25) is 0 Å². The molecule has 25 heavy (non-hydrogen) atoms. The standard InChI is InChI=1S/C16H20FNO5S2/c17-13-3-1-12(2-4-13)5-7-18-15(19)9-23-16(20)10-24-14-6-8-25(21,22)11-14/h1-4,14H,5-11H2,(H,18,19)/t14-/m0/s1. The Bertz CT molecular complexity index is 706. The predicted molar refractivity (Wildman–Crippen MR) is 93.6 cm³/mol. The van der Waals surface area contributed by atoms with Crippen molar-refractivity contribution < 1.29 is 27.1 Å². The summed E-state index contributed by atoms with van der Waals surface area (Å²) in [6, 6.07) is 5.99. The number of halogens is 1. The van der Waals surface area contributed by atoms with Crippen LogP contribution in [0, 0.1) is 5.82 Å². The lowest BCUT2D eigenvalue weighted by Crippen LogP contribution is -2.30. The number of hydrogen-bond donors (Lipinski definition) is 1. The summed E-state index contributed by atoms with van der Waals surface area (Å²) in [5.41, 5.74) is 0.890. The molecule has 0 spiro atoms. The number of thioether (sulfide) groups is 1. The molecule has 0 radical (unpaired) electrons. The van der Waals surface area contributed by atoms with Gasteiger partial charge in [0.1, 0.15) is 5.82 Å². The zero-order chi connectivity index (χ0) is 18.3. The number of carbonyl (C=O) groups is 2. The second-order valence-electron chi connectivity index (χ2n) is 5.72. The number of nitrogens with one attached hydrogen (secondary N) is 1. The van der Waals surface area contributed by atoms with E-state index < -0.39 is 21.7 Å². The summed E-state index contributed by atoms with van der Waals surface area (Å²) >= 11 is 1.25. The molecule has 1 N–H and O–H groups in total. The summed E-state index contributed by atoms with van der Waals surface area (Å²) in [6.07, 6.45) is 1.09. The molecule has 1 aromatic carbocycles. The molecule has 1 aliphatic rings. The second kappa shape index (κ2) is 9.19. The van der Waals surface area contributed by atoms with Crippen LogP contribution < -0.4 is 5.32 Å². The fourth-order valence-electron chi connectivity index (χ4n) is 2.31. The molecule has 1 amide bonds. The molecule has 2 rings (SSSR count). The fourth-order valence-corrected chi connectivity index (χ4v) is 5.75. The minimum atomic E-state index is -2.96. The zero-order valence-electron chi connectivity index (χ0n) is 13.6. The predicted octanol–water partition coefficient (Wildman–Crippen LogP) is 0.948. The number of ether oxygens (including phenoxy) is 1. The summed E-state index contributed by atoms with van der Waals surface area (Å²) in [4.78, 5) is 23.2. The number of benzene rings is 1. The Hall–Kier alpha value is -1.61. The lowest BCUT2D eigenvalue weighted by Gasteiger charge is -2.08. The Kier molecular flexibility index (Phi) is 7.24. The van der Waals surface area contributed by atoms with Crippen LogP contribution in [0.4, 0.5) is 4.39 Å². The molecule has 0 aliphatic carbocycles. The Morgan fingerprint density at radius 1 is 1.28 bits per heavy atom. The molecule has 1 atom stereocenters. The Labute approximate surface area is 150 Å². The van der Waals surface area contributed by atoms with Crippen LogP contribution in [0.3, 0.4) is 0 Å². The van der Waals surface area contributed by atoms with E-state index in [1.165, 1.54) is 23.9 Å². The van der Waals surface area contributed by atoms with Crippen LogP contribution in [0.15, 0.2) is 24.3 Å². The van der Waals surface area contributed by atoms with Crippen LogP contribution in [-0.2, 0) is 30.6 Å². The molecule has 0 aromatic heterocycles. The van der Waals surface area contributed by atoms with E-state index in [1.807, 2.05) is 0 Å². The maximum atomic E-state index is 12.8. The van der Waals surface area contributed by atoms with E-state index in [1.54, 1.807) is 12.1 Å². The first-order valence-electron chi connectivity index (χ1n) is 7.83. The van der Waals surface area contributed by atoms with Crippen LogP contribution in [0.5, 0.6) is 0 Å². The highest BCUT2D eigenvalue weighted by atomic mass is 32.2. The smallest absolute Gasteiger partial charge is 0.316 e. The van der Waals surface area contributed by atoms with Crippen molar-refractivity contribution in [2.24, 2.45) is 0 Å². The largest absolute Gasteiger partial charge is 0.455 e. The van der Waals surface area contributed by atoms with Crippen molar-refractivity contribution in [2.45, 2.75) is 18.1 Å². The van der Waals surface area contributed by atoms with Crippen LogP contribution in [0.1, 0.15) is 12.0 Å². The van der Waals surface area contributed by atoms with Crippen LogP contribution >= 0.6 is 11.8 Å². The maximum Gasteiger partial charge on any atom is 0.316 e. The van der Waals surface area contributed by atoms with Gasteiger partial charge in [0, 0.05) is 11.8 Å². The van der Waals surface area contributed by atoms with Crippen molar-refractivity contribution in [2.75, 3.05) is 30.4 Å². The highest BCUT2D eigenvalue weighted by molar-refractivity contribution is 8.02. The molecule has 6 nitrogen and oxygen atoms in total. The summed E-state index contributed by atoms with van der Waals surface area (Å²) < 4.78 is 40.3. The zero-order valence-corrected chi connectivity index (χ0v) is 15.2. The SMILES string of the molecule is O=C(COC(=O)CS[C@H]1CCS(=O)(=O)C1)NCCc1ccc(F)cc1. The van der Waals surface area contributed by atoms with E-state index in [-0.39, 0.29) is 34.9 Å². The molecule has 138 valence electrons. The summed E-state index contributed by atoms with van der Waals surface area (Å²) in [6.45, 7) is -0.0114. The number of sulfone groups is 1. The highest BCUT2D eigenvalue weighted by Crippen LogP contribution is 2.24. The normalized spacial score (nSPS) is 18.7. The maximum absolute atomic E-state index is 12.8. The molecule has 1 saturated heterocycles.